The summed E-state index contributed by atoms with van der Waals surface area (Å²) < 4.78 is 24.3. The summed E-state index contributed by atoms with van der Waals surface area (Å²) in [4.78, 5) is 11.1. The Kier molecular flexibility index (Phi) is 4.67. The van der Waals surface area contributed by atoms with E-state index in [0.717, 1.165) is 0 Å². The molecule has 0 heterocycles. The lowest BCUT2D eigenvalue weighted by Gasteiger charge is -2.17. The molecule has 0 aromatic heterocycles. The molecule has 102 valence electrons. The maximum atomic E-state index is 12.2. The molecule has 1 atom stereocenters. The molecule has 0 saturated heterocycles. The fourth-order valence-electron chi connectivity index (χ4n) is 1.92. The zero-order valence-corrected chi connectivity index (χ0v) is 11.5. The first-order valence-electron chi connectivity index (χ1n) is 5.72. The first kappa shape index (κ1) is 15.2. The van der Waals surface area contributed by atoms with Gasteiger partial charge < -0.3 is 5.11 Å². The van der Waals surface area contributed by atoms with Crippen molar-refractivity contribution < 1.29 is 18.3 Å². The minimum Gasteiger partial charge on any atom is -0.480 e. The number of hydrogen-bond acceptors (Lipinski definition) is 4. The maximum absolute atomic E-state index is 12.2. The van der Waals surface area contributed by atoms with Gasteiger partial charge in [-0.3, -0.25) is 4.79 Å². The average Bonchev–Trinajstić information content (AvgIpc) is 2.27. The van der Waals surface area contributed by atoms with Gasteiger partial charge in [-0.25, -0.2) is 8.42 Å². The molecule has 1 N–H and O–H groups in total. The lowest BCUT2D eigenvalue weighted by atomic mass is 10.1. The van der Waals surface area contributed by atoms with Crippen molar-refractivity contribution in [3.63, 3.8) is 0 Å². The third-order valence-corrected chi connectivity index (χ3v) is 4.96. The van der Waals surface area contributed by atoms with E-state index in [4.69, 9.17) is 10.4 Å². The number of aliphatic carboxylic acids is 1. The zero-order valence-electron chi connectivity index (χ0n) is 10.7. The average molecular weight is 281 g/mol. The monoisotopic (exact) mass is 281 g/mol. The van der Waals surface area contributed by atoms with Crippen LogP contribution in [0.4, 0.5) is 0 Å². The zero-order chi connectivity index (χ0) is 14.6. The molecule has 5 nitrogen and oxygen atoms in total. The van der Waals surface area contributed by atoms with Crippen molar-refractivity contribution >= 4 is 15.8 Å². The van der Waals surface area contributed by atoms with E-state index in [0.29, 0.717) is 5.56 Å². The van der Waals surface area contributed by atoms with Crippen molar-refractivity contribution in [3.05, 3.63) is 35.4 Å². The second kappa shape index (κ2) is 5.85. The Morgan fingerprint density at radius 1 is 1.37 bits per heavy atom. The van der Waals surface area contributed by atoms with Crippen molar-refractivity contribution in [1.29, 1.82) is 5.26 Å². The SMILES string of the molecule is CC(C)C(C(=O)O)S(=O)(=O)Cc1ccccc1C#N. The van der Waals surface area contributed by atoms with Crippen LogP contribution in [-0.4, -0.2) is 24.7 Å². The third-order valence-electron chi connectivity index (χ3n) is 2.73. The summed E-state index contributed by atoms with van der Waals surface area (Å²) in [5, 5.41) is 16.5. The summed E-state index contributed by atoms with van der Waals surface area (Å²) in [5.41, 5.74) is 0.580. The van der Waals surface area contributed by atoms with E-state index in [1.54, 1.807) is 26.0 Å². The lowest BCUT2D eigenvalue weighted by Crippen LogP contribution is -2.35. The Balaban J connectivity index is 3.16. The van der Waals surface area contributed by atoms with Crippen molar-refractivity contribution in [3.8, 4) is 6.07 Å². The van der Waals surface area contributed by atoms with Gasteiger partial charge in [-0.2, -0.15) is 5.26 Å². The highest BCUT2D eigenvalue weighted by Gasteiger charge is 2.35. The first-order valence-corrected chi connectivity index (χ1v) is 7.43. The summed E-state index contributed by atoms with van der Waals surface area (Å²) >= 11 is 0. The summed E-state index contributed by atoms with van der Waals surface area (Å²) in [7, 11) is -3.86. The fraction of sp³-hybridized carbons (Fsp3) is 0.385. The van der Waals surface area contributed by atoms with E-state index < -0.39 is 32.7 Å². The van der Waals surface area contributed by atoms with Crippen LogP contribution in [0, 0.1) is 17.2 Å². The van der Waals surface area contributed by atoms with Crippen LogP contribution in [0.25, 0.3) is 0 Å². The molecule has 1 unspecified atom stereocenters. The summed E-state index contributed by atoms with van der Waals surface area (Å²) in [6.07, 6.45) is 0. The van der Waals surface area contributed by atoms with Gasteiger partial charge in [-0.1, -0.05) is 32.0 Å². The minimum atomic E-state index is -3.86. The van der Waals surface area contributed by atoms with Crippen LogP contribution in [0.15, 0.2) is 24.3 Å². The first-order chi connectivity index (χ1) is 8.79. The van der Waals surface area contributed by atoms with Crippen molar-refractivity contribution in [2.24, 2.45) is 5.92 Å². The Labute approximate surface area is 112 Å². The standard InChI is InChI=1S/C13H15NO4S/c1-9(2)12(13(15)16)19(17,18)8-11-6-4-3-5-10(11)7-14/h3-6,9,12H,8H2,1-2H3,(H,15,16). The van der Waals surface area contributed by atoms with Gasteiger partial charge in [-0.05, 0) is 17.5 Å². The molecule has 0 amide bonds. The molecular formula is C13H15NO4S. The number of carboxylic acid groups (broad SMARTS) is 1. The Bertz CT molecular complexity index is 614. The lowest BCUT2D eigenvalue weighted by molar-refractivity contribution is -0.137. The van der Waals surface area contributed by atoms with E-state index in [2.05, 4.69) is 0 Å². The van der Waals surface area contributed by atoms with Crippen molar-refractivity contribution in [2.75, 3.05) is 0 Å². The highest BCUT2D eigenvalue weighted by atomic mass is 32.2. The molecule has 0 fully saturated rings. The molecule has 0 aliphatic rings. The van der Waals surface area contributed by atoms with E-state index in [1.807, 2.05) is 6.07 Å². The molecule has 19 heavy (non-hydrogen) atoms. The highest BCUT2D eigenvalue weighted by molar-refractivity contribution is 7.92. The molecule has 6 heteroatoms. The van der Waals surface area contributed by atoms with Gasteiger partial charge in [0.05, 0.1) is 17.4 Å². The van der Waals surface area contributed by atoms with Gasteiger partial charge in [0.2, 0.25) is 0 Å². The minimum absolute atomic E-state index is 0.249. The van der Waals surface area contributed by atoms with Gasteiger partial charge in [0, 0.05) is 0 Å². The quantitative estimate of drug-likeness (QED) is 0.884. The van der Waals surface area contributed by atoms with Crippen LogP contribution in [0.3, 0.4) is 0 Å². The van der Waals surface area contributed by atoms with Gasteiger partial charge in [0.15, 0.2) is 15.1 Å². The molecule has 0 radical (unpaired) electrons. The van der Waals surface area contributed by atoms with E-state index in [1.165, 1.54) is 12.1 Å². The molecular weight excluding hydrogens is 266 g/mol. The second-order valence-electron chi connectivity index (χ2n) is 4.58. The number of carboxylic acids is 1. The van der Waals surface area contributed by atoms with Crippen LogP contribution < -0.4 is 0 Å². The molecule has 0 saturated carbocycles. The number of hydrogen-bond donors (Lipinski definition) is 1. The molecule has 0 aliphatic carbocycles. The van der Waals surface area contributed by atoms with Gasteiger partial charge in [-0.15, -0.1) is 0 Å². The van der Waals surface area contributed by atoms with Gasteiger partial charge >= 0.3 is 5.97 Å². The van der Waals surface area contributed by atoms with E-state index in [9.17, 15) is 13.2 Å². The highest BCUT2D eigenvalue weighted by Crippen LogP contribution is 2.20. The molecule has 1 rings (SSSR count). The van der Waals surface area contributed by atoms with Crippen LogP contribution in [0.5, 0.6) is 0 Å². The van der Waals surface area contributed by atoms with E-state index >= 15 is 0 Å². The number of nitrogens with zero attached hydrogens (tertiary/aromatic N) is 1. The normalized spacial score (nSPS) is 12.9. The Morgan fingerprint density at radius 3 is 2.42 bits per heavy atom. The third kappa shape index (κ3) is 3.55. The van der Waals surface area contributed by atoms with Crippen LogP contribution in [0.1, 0.15) is 25.0 Å². The number of nitriles is 1. The van der Waals surface area contributed by atoms with Gasteiger partial charge in [0.1, 0.15) is 0 Å². The molecule has 0 aliphatic heterocycles. The van der Waals surface area contributed by atoms with E-state index in [-0.39, 0.29) is 5.56 Å². The predicted octanol–water partition coefficient (Wildman–Crippen LogP) is 1.58. The summed E-state index contributed by atoms with van der Waals surface area (Å²) in [5.74, 6) is -2.33. The molecule has 0 spiro atoms. The summed E-state index contributed by atoms with van der Waals surface area (Å²) in [6, 6.07) is 8.19. The topological polar surface area (TPSA) is 95.2 Å². The van der Waals surface area contributed by atoms with Crippen LogP contribution in [-0.2, 0) is 20.4 Å². The smallest absolute Gasteiger partial charge is 0.322 e. The maximum Gasteiger partial charge on any atom is 0.322 e. The summed E-state index contributed by atoms with van der Waals surface area (Å²) in [6.45, 7) is 3.10. The predicted molar refractivity (Wildman–Crippen MR) is 70.0 cm³/mol. The molecule has 0 bridgehead atoms. The molecule has 1 aromatic carbocycles. The number of rotatable bonds is 5. The molecule has 1 aromatic rings. The Morgan fingerprint density at radius 2 is 1.95 bits per heavy atom. The number of carbonyl (C=O) groups is 1. The second-order valence-corrected chi connectivity index (χ2v) is 6.70. The van der Waals surface area contributed by atoms with Crippen molar-refractivity contribution in [1.82, 2.24) is 0 Å². The number of sulfone groups is 1. The van der Waals surface area contributed by atoms with Crippen molar-refractivity contribution in [2.45, 2.75) is 24.9 Å². The van der Waals surface area contributed by atoms with Gasteiger partial charge in [0.25, 0.3) is 0 Å². The number of benzene rings is 1. The Hall–Kier alpha value is -1.87. The fourth-order valence-corrected chi connectivity index (χ4v) is 3.92. The largest absolute Gasteiger partial charge is 0.480 e. The van der Waals surface area contributed by atoms with Crippen LogP contribution in [0.2, 0.25) is 0 Å². The van der Waals surface area contributed by atoms with Crippen LogP contribution >= 0.6 is 0 Å².